The van der Waals surface area contributed by atoms with Gasteiger partial charge in [0.25, 0.3) is 0 Å². The van der Waals surface area contributed by atoms with Crippen molar-refractivity contribution >= 4 is 21.9 Å². The molecule has 9 heteroatoms. The van der Waals surface area contributed by atoms with Gasteiger partial charge in [-0.1, -0.05) is 0 Å². The molecule has 1 N–H and O–H groups in total. The van der Waals surface area contributed by atoms with Gasteiger partial charge in [-0.2, -0.15) is 4.31 Å². The van der Waals surface area contributed by atoms with Crippen LogP contribution in [0.3, 0.4) is 0 Å². The van der Waals surface area contributed by atoms with E-state index in [-0.39, 0.29) is 35.9 Å². The van der Waals surface area contributed by atoms with Gasteiger partial charge in [-0.3, -0.25) is 4.79 Å². The summed E-state index contributed by atoms with van der Waals surface area (Å²) >= 11 is 0. The zero-order valence-electron chi connectivity index (χ0n) is 16.7. The minimum Gasteiger partial charge on any atom is -0.482 e. The fraction of sp³-hybridized carbons (Fsp3) is 0.579. The molecular weight excluding hydrogens is 384 g/mol. The Morgan fingerprint density at radius 1 is 1.32 bits per heavy atom. The lowest BCUT2D eigenvalue weighted by Crippen LogP contribution is -2.46. The Balaban J connectivity index is 2.14. The first-order valence-electron chi connectivity index (χ1n) is 9.26. The molecule has 28 heavy (non-hydrogen) atoms. The maximum Gasteiger partial charge on any atom is 0.343 e. The van der Waals surface area contributed by atoms with Crippen LogP contribution in [-0.4, -0.2) is 57.4 Å². The monoisotopic (exact) mass is 412 g/mol. The zero-order chi connectivity index (χ0) is 20.9. The van der Waals surface area contributed by atoms with Crippen LogP contribution >= 0.6 is 0 Å². The third-order valence-corrected chi connectivity index (χ3v) is 6.40. The van der Waals surface area contributed by atoms with Gasteiger partial charge in [-0.15, -0.1) is 0 Å². The van der Waals surface area contributed by atoms with E-state index in [0.717, 1.165) is 0 Å². The molecule has 1 heterocycles. The highest BCUT2D eigenvalue weighted by atomic mass is 32.2. The van der Waals surface area contributed by atoms with E-state index in [9.17, 15) is 18.0 Å². The van der Waals surface area contributed by atoms with Crippen LogP contribution < -0.4 is 10.1 Å². The Morgan fingerprint density at radius 3 is 2.64 bits per heavy atom. The molecule has 0 bridgehead atoms. The van der Waals surface area contributed by atoms with Crippen LogP contribution in [0.15, 0.2) is 23.1 Å². The number of rotatable bonds is 7. The Hall–Kier alpha value is -2.13. The van der Waals surface area contributed by atoms with Gasteiger partial charge in [0.2, 0.25) is 15.9 Å². The van der Waals surface area contributed by atoms with Crippen LogP contribution in [0.25, 0.3) is 0 Å². The van der Waals surface area contributed by atoms with E-state index in [4.69, 9.17) is 4.74 Å². The number of benzene rings is 1. The van der Waals surface area contributed by atoms with Crippen molar-refractivity contribution < 1.29 is 27.5 Å². The number of amides is 1. The predicted octanol–water partition coefficient (Wildman–Crippen LogP) is 1.47. The lowest BCUT2D eigenvalue weighted by atomic mass is 9.98. The molecular formula is C19H28N2O6S. The summed E-state index contributed by atoms with van der Waals surface area (Å²) in [5.74, 6) is -0.570. The molecule has 1 unspecified atom stereocenters. The first-order valence-corrected chi connectivity index (χ1v) is 10.7. The number of piperidine rings is 1. The summed E-state index contributed by atoms with van der Waals surface area (Å²) in [5, 5.41) is 2.85. The van der Waals surface area contributed by atoms with Crippen molar-refractivity contribution in [3.8, 4) is 5.75 Å². The van der Waals surface area contributed by atoms with Crippen LogP contribution in [0.5, 0.6) is 5.75 Å². The van der Waals surface area contributed by atoms with Gasteiger partial charge < -0.3 is 14.8 Å². The summed E-state index contributed by atoms with van der Waals surface area (Å²) in [6.45, 7) is 5.76. The number of aryl methyl sites for hydroxylation is 1. The smallest absolute Gasteiger partial charge is 0.343 e. The van der Waals surface area contributed by atoms with Crippen molar-refractivity contribution in [2.24, 2.45) is 5.92 Å². The Labute approximate surface area is 166 Å². The van der Waals surface area contributed by atoms with E-state index in [0.29, 0.717) is 30.7 Å². The molecule has 1 aliphatic rings. The second-order valence-electron chi connectivity index (χ2n) is 7.16. The minimum atomic E-state index is -3.73. The van der Waals surface area contributed by atoms with Crippen molar-refractivity contribution in [3.63, 3.8) is 0 Å². The molecule has 1 fully saturated rings. The van der Waals surface area contributed by atoms with Gasteiger partial charge >= 0.3 is 5.97 Å². The topological polar surface area (TPSA) is 102 Å². The first kappa shape index (κ1) is 22.2. The highest BCUT2D eigenvalue weighted by Crippen LogP contribution is 2.27. The summed E-state index contributed by atoms with van der Waals surface area (Å²) in [4.78, 5) is 23.6. The third kappa shape index (κ3) is 5.45. The molecule has 0 aliphatic carbocycles. The quantitative estimate of drug-likeness (QED) is 0.681. The Kier molecular flexibility index (Phi) is 7.42. The maximum absolute atomic E-state index is 13.0. The van der Waals surface area contributed by atoms with Gasteiger partial charge in [0.05, 0.1) is 17.9 Å². The average molecular weight is 413 g/mol. The lowest BCUT2D eigenvalue weighted by molar-refractivity contribution is -0.142. The van der Waals surface area contributed by atoms with E-state index in [2.05, 4.69) is 10.1 Å². The van der Waals surface area contributed by atoms with Crippen molar-refractivity contribution in [2.45, 2.75) is 44.6 Å². The molecule has 0 aromatic heterocycles. The number of hydrogen-bond acceptors (Lipinski definition) is 6. The Bertz CT molecular complexity index is 822. The van der Waals surface area contributed by atoms with Crippen LogP contribution in [0.2, 0.25) is 0 Å². The van der Waals surface area contributed by atoms with Crippen molar-refractivity contribution in [3.05, 3.63) is 23.8 Å². The molecule has 0 spiro atoms. The molecule has 0 saturated carbocycles. The lowest BCUT2D eigenvalue weighted by Gasteiger charge is -2.31. The largest absolute Gasteiger partial charge is 0.482 e. The fourth-order valence-electron chi connectivity index (χ4n) is 3.07. The maximum atomic E-state index is 13.0. The van der Waals surface area contributed by atoms with Gasteiger partial charge in [-0.25, -0.2) is 13.2 Å². The second kappa shape index (κ2) is 9.38. The number of carbonyl (C=O) groups is 2. The van der Waals surface area contributed by atoms with Crippen LogP contribution in [0.1, 0.15) is 32.3 Å². The standard InChI is InChI=1S/C19H28N2O6S/c1-13(2)20-19(23)15-6-5-9-21(11-15)28(24,25)16-7-8-17(14(3)10-16)27-12-18(22)26-4/h7-8,10,13,15H,5-6,9,11-12H2,1-4H3,(H,20,23). The highest BCUT2D eigenvalue weighted by Gasteiger charge is 2.33. The van der Waals surface area contributed by atoms with E-state index in [1.807, 2.05) is 13.8 Å². The van der Waals surface area contributed by atoms with Gasteiger partial charge in [0.15, 0.2) is 6.61 Å². The van der Waals surface area contributed by atoms with Crippen molar-refractivity contribution in [1.29, 1.82) is 0 Å². The molecule has 156 valence electrons. The fourth-order valence-corrected chi connectivity index (χ4v) is 4.68. The summed E-state index contributed by atoms with van der Waals surface area (Å²) in [7, 11) is -2.46. The molecule has 1 aromatic rings. The van der Waals surface area contributed by atoms with Crippen molar-refractivity contribution in [2.75, 3.05) is 26.8 Å². The average Bonchev–Trinajstić information content (AvgIpc) is 2.66. The number of esters is 1. The van der Waals surface area contributed by atoms with Gasteiger partial charge in [-0.05, 0) is 57.4 Å². The summed E-state index contributed by atoms with van der Waals surface area (Å²) < 4.78 is 37.3. The van der Waals surface area contributed by atoms with E-state index in [1.165, 1.54) is 29.6 Å². The number of ether oxygens (including phenoxy) is 2. The number of nitrogens with zero attached hydrogens (tertiary/aromatic N) is 1. The molecule has 1 aliphatic heterocycles. The third-order valence-electron chi connectivity index (χ3n) is 4.54. The van der Waals surface area contributed by atoms with E-state index >= 15 is 0 Å². The summed E-state index contributed by atoms with van der Waals surface area (Å²) in [6, 6.07) is 4.50. The molecule has 1 atom stereocenters. The normalized spacial score (nSPS) is 18.0. The summed E-state index contributed by atoms with van der Waals surface area (Å²) in [5.41, 5.74) is 0.594. The molecule has 2 rings (SSSR count). The Morgan fingerprint density at radius 2 is 2.04 bits per heavy atom. The zero-order valence-corrected chi connectivity index (χ0v) is 17.5. The SMILES string of the molecule is COC(=O)COc1ccc(S(=O)(=O)N2CCCC(C(=O)NC(C)C)C2)cc1C. The summed E-state index contributed by atoms with van der Waals surface area (Å²) in [6.07, 6.45) is 1.30. The molecule has 1 saturated heterocycles. The molecule has 0 radical (unpaired) electrons. The predicted molar refractivity (Wildman–Crippen MR) is 103 cm³/mol. The number of sulfonamides is 1. The van der Waals surface area contributed by atoms with E-state index < -0.39 is 16.0 Å². The number of methoxy groups -OCH3 is 1. The molecule has 8 nitrogen and oxygen atoms in total. The van der Waals surface area contributed by atoms with Crippen LogP contribution in [0.4, 0.5) is 0 Å². The highest BCUT2D eigenvalue weighted by molar-refractivity contribution is 7.89. The molecule has 1 aromatic carbocycles. The number of nitrogens with one attached hydrogen (secondary N) is 1. The number of carbonyl (C=O) groups excluding carboxylic acids is 2. The van der Waals surface area contributed by atoms with Gasteiger partial charge in [0, 0.05) is 19.1 Å². The second-order valence-corrected chi connectivity index (χ2v) is 9.10. The van der Waals surface area contributed by atoms with Crippen LogP contribution in [-0.2, 0) is 24.3 Å². The first-order chi connectivity index (χ1) is 13.1. The minimum absolute atomic E-state index is 0.0136. The van der Waals surface area contributed by atoms with Gasteiger partial charge in [0.1, 0.15) is 5.75 Å². The van der Waals surface area contributed by atoms with Crippen molar-refractivity contribution in [1.82, 2.24) is 9.62 Å². The molecule has 1 amide bonds. The van der Waals surface area contributed by atoms with Crippen LogP contribution in [0, 0.1) is 12.8 Å². The number of hydrogen-bond donors (Lipinski definition) is 1. The van der Waals surface area contributed by atoms with E-state index in [1.54, 1.807) is 6.92 Å².